The summed E-state index contributed by atoms with van der Waals surface area (Å²) in [6.07, 6.45) is 3.72. The normalized spacial score (nSPS) is 23.2. The van der Waals surface area contributed by atoms with Gasteiger partial charge in [0.1, 0.15) is 0 Å². The van der Waals surface area contributed by atoms with Gasteiger partial charge in [-0.25, -0.2) is 4.39 Å². The second-order valence-electron chi connectivity index (χ2n) is 12.0. The second-order valence-corrected chi connectivity index (χ2v) is 17.1. The molecule has 3 aliphatic heterocycles. The van der Waals surface area contributed by atoms with Crippen LogP contribution in [0, 0.1) is 13.8 Å². The molecule has 2 amide bonds. The number of halogens is 3. The minimum atomic E-state index is -1.67. The Hall–Kier alpha value is -3.37. The van der Waals surface area contributed by atoms with Gasteiger partial charge in [0, 0.05) is 0 Å². The Morgan fingerprint density at radius 3 is 2.53 bits per heavy atom. The first-order valence-corrected chi connectivity index (χ1v) is 17.5. The fraction of sp³-hybridized carbons (Fsp3) is 0.387. The molecule has 1 N–H and O–H groups in total. The Morgan fingerprint density at radius 2 is 1.87 bits per heavy atom. The number of fused-ring (bicyclic) bond motifs is 2. The number of nitrogens with one attached hydrogen (secondary N) is 1. The minimum absolute atomic E-state index is 0.0110. The predicted molar refractivity (Wildman–Crippen MR) is 162 cm³/mol. The van der Waals surface area contributed by atoms with Gasteiger partial charge < -0.3 is 4.74 Å². The van der Waals surface area contributed by atoms with Gasteiger partial charge in [0.15, 0.2) is 5.82 Å². The van der Waals surface area contributed by atoms with Crippen LogP contribution in [0.5, 0.6) is 0 Å². The number of carbonyl (C=O) groups excluding carboxylic acids is 3. The Morgan fingerprint density at radius 1 is 1.13 bits per heavy atom. The summed E-state index contributed by atoms with van der Waals surface area (Å²) in [6.45, 7) is 7.09. The molecule has 3 saturated heterocycles. The Balaban J connectivity index is 1.18. The maximum atomic E-state index is 14.7. The van der Waals surface area contributed by atoms with E-state index in [-0.39, 0.29) is 77.5 Å². The molecule has 3 aromatic heterocycles. The fourth-order valence-electron chi connectivity index (χ4n) is 6.07. The third-order valence-corrected chi connectivity index (χ3v) is 13.4. The zero-order chi connectivity index (χ0) is 31.8. The first-order valence-electron chi connectivity index (χ1n) is 14.4. The number of anilines is 1. The summed E-state index contributed by atoms with van der Waals surface area (Å²) in [6, 6.07) is 6.78. The molecule has 1 aromatic carbocycles. The van der Waals surface area contributed by atoms with Crippen molar-refractivity contribution in [1.82, 2.24) is 29.6 Å². The van der Waals surface area contributed by atoms with E-state index in [9.17, 15) is 18.8 Å². The number of benzene rings is 1. The van der Waals surface area contributed by atoms with Gasteiger partial charge in [-0.15, -0.1) is 0 Å². The van der Waals surface area contributed by atoms with Gasteiger partial charge in [-0.3, -0.25) is 0 Å². The van der Waals surface area contributed by atoms with Gasteiger partial charge in [0.05, 0.1) is 13.2 Å². The zero-order valence-corrected chi connectivity index (χ0v) is 28.6. The second kappa shape index (κ2) is 10.9. The van der Waals surface area contributed by atoms with Crippen molar-refractivity contribution in [1.29, 1.82) is 0 Å². The number of alkyl halides is 3. The number of amides is 2. The Bertz CT molecular complexity index is 1910. The fourth-order valence-corrected chi connectivity index (χ4v) is 9.77. The molecule has 0 bridgehead atoms. The van der Waals surface area contributed by atoms with E-state index in [0.717, 1.165) is 16.7 Å². The van der Waals surface area contributed by atoms with Crippen LogP contribution in [0.15, 0.2) is 41.3 Å². The quantitative estimate of drug-likeness (QED) is 0.0970. The predicted octanol–water partition coefficient (Wildman–Crippen LogP) is 1.09. The first-order chi connectivity index (χ1) is 21.4. The van der Waals surface area contributed by atoms with Crippen molar-refractivity contribution in [2.45, 2.75) is 59.8 Å². The number of carbonyl (C=O) groups is 3. The molecule has 0 radical (unpaired) electrons. The number of nitrogens with zero attached hydrogens (tertiary/aromatic N) is 6. The molecule has 4 aromatic rings. The number of ketones is 1. The summed E-state index contributed by atoms with van der Waals surface area (Å²) in [7, 11) is 0. The van der Waals surface area contributed by atoms with Crippen molar-refractivity contribution in [3.8, 4) is 11.1 Å². The van der Waals surface area contributed by atoms with Crippen LogP contribution < -0.4 is 26.5 Å². The monoisotopic (exact) mass is 788 g/mol. The van der Waals surface area contributed by atoms with Crippen LogP contribution in [-0.2, 0) is 26.5 Å². The number of aryl methyl sites for hydroxylation is 2. The van der Waals surface area contributed by atoms with Gasteiger partial charge in [-0.05, 0) is 0 Å². The number of ether oxygens (including phenoxy) is 1. The summed E-state index contributed by atoms with van der Waals surface area (Å²) >= 11 is 3.09. The van der Waals surface area contributed by atoms with E-state index < -0.39 is 11.7 Å². The molecule has 11 nitrogen and oxygen atoms in total. The van der Waals surface area contributed by atoms with E-state index in [1.807, 2.05) is 38.1 Å². The van der Waals surface area contributed by atoms with E-state index in [1.54, 1.807) is 22.0 Å². The van der Waals surface area contributed by atoms with Crippen LogP contribution >= 0.6 is 15.9 Å². The molecular weight excluding hydrogens is 760 g/mol. The van der Waals surface area contributed by atoms with Gasteiger partial charge in [-0.1, -0.05) is 0 Å². The average molecular weight is 789 g/mol. The van der Waals surface area contributed by atoms with Gasteiger partial charge in [0.2, 0.25) is 5.67 Å². The Labute approximate surface area is 276 Å². The van der Waals surface area contributed by atoms with E-state index in [2.05, 4.69) is 48.2 Å². The first kappa shape index (κ1) is 30.3. The summed E-state index contributed by atoms with van der Waals surface area (Å²) in [4.78, 5) is 54.9. The summed E-state index contributed by atoms with van der Waals surface area (Å²) < 4.78 is 21.9. The van der Waals surface area contributed by atoms with Crippen LogP contribution in [0.25, 0.3) is 22.0 Å². The third-order valence-electron chi connectivity index (χ3n) is 8.57. The summed E-state index contributed by atoms with van der Waals surface area (Å²) in [5.41, 5.74) is 2.24. The molecule has 0 saturated carbocycles. The van der Waals surface area contributed by atoms with Crippen LogP contribution in [0.4, 0.5) is 10.2 Å². The molecule has 3 aliphatic rings. The SMILES string of the molecule is CC(=O)c1nn(CC(=O)N2[C@H](C(=O)Nc3nc(Br)ccc3C)C[C@@]3(C)[I-][C@@H]23)c2c(C)cc(-c3cnc(C4(F)COC4)nc3)cc12. The molecule has 3 atom stereocenters. The summed E-state index contributed by atoms with van der Waals surface area (Å²) in [5, 5.41) is 8.12. The van der Waals surface area contributed by atoms with E-state index in [0.29, 0.717) is 33.3 Å². The van der Waals surface area contributed by atoms with Crippen LogP contribution in [0.2, 0.25) is 0 Å². The molecule has 0 aliphatic carbocycles. The number of hydrogen-bond acceptors (Lipinski definition) is 8. The number of aromatic nitrogens is 5. The molecule has 3 fully saturated rings. The van der Waals surface area contributed by atoms with Crippen molar-refractivity contribution in [3.63, 3.8) is 0 Å². The van der Waals surface area contributed by atoms with Crippen molar-refractivity contribution in [2.75, 3.05) is 18.5 Å². The standard InChI is InChI=1S/C31H29BrFIN7O4/c1-15-5-6-22(32)37-26(15)38-27(44)21-9-30(4)28(34-30)41(21)23(43)12-40-25-16(2)7-18(8-20(25)24(39-40)17(3)42)19-10-35-29(36-11-19)31(33)13-45-14-31/h5-8,10-11,21,28H,9,12-14H2,1-4H3,(H,37,38,44)/q-1/t21-,28-,30+/m0/s1. The van der Waals surface area contributed by atoms with Crippen LogP contribution in [0.3, 0.4) is 0 Å². The molecule has 234 valence electrons. The zero-order valence-electron chi connectivity index (χ0n) is 24.9. The molecule has 0 unspecified atom stereocenters. The molecular formula is C31H29BrFIN7O4-. The molecule has 0 spiro atoms. The maximum absolute atomic E-state index is 14.7. The topological polar surface area (TPSA) is 132 Å². The van der Waals surface area contributed by atoms with Crippen LogP contribution in [-0.4, -0.2) is 74.0 Å². The van der Waals surface area contributed by atoms with Crippen molar-refractivity contribution >= 4 is 50.2 Å². The van der Waals surface area contributed by atoms with Crippen molar-refractivity contribution < 1.29 is 44.7 Å². The van der Waals surface area contributed by atoms with Gasteiger partial charge in [-0.2, -0.15) is 0 Å². The van der Waals surface area contributed by atoms with Crippen molar-refractivity contribution in [3.05, 3.63) is 63.9 Å². The molecule has 14 heteroatoms. The number of likely N-dealkylation sites (tertiary alicyclic amines) is 1. The summed E-state index contributed by atoms with van der Waals surface area (Å²) in [5.74, 6) is -0.181. The number of rotatable bonds is 7. The molecule has 7 rings (SSSR count). The Kier molecular flexibility index (Phi) is 7.32. The number of Topliss-reactive ketones (excluding diaryl/α,β-unsaturated/α-hetero) is 1. The number of pyridine rings is 1. The third kappa shape index (κ3) is 5.23. The van der Waals surface area contributed by atoms with Gasteiger partial charge >= 0.3 is 244 Å². The molecule has 45 heavy (non-hydrogen) atoms. The van der Waals surface area contributed by atoms with E-state index >= 15 is 0 Å². The van der Waals surface area contributed by atoms with Crippen molar-refractivity contribution in [2.24, 2.45) is 0 Å². The van der Waals surface area contributed by atoms with E-state index in [4.69, 9.17) is 4.74 Å². The average Bonchev–Trinajstić information content (AvgIpc) is 3.33. The van der Waals surface area contributed by atoms with Gasteiger partial charge in [0.25, 0.3) is 0 Å². The molecule has 6 heterocycles. The van der Waals surface area contributed by atoms with E-state index in [1.165, 1.54) is 6.92 Å². The van der Waals surface area contributed by atoms with Crippen LogP contribution in [0.1, 0.15) is 47.7 Å². The number of hydrogen-bond donors (Lipinski definition) is 1.